The Balaban J connectivity index is 2.05. The summed E-state index contributed by atoms with van der Waals surface area (Å²) in [5.41, 5.74) is 7.15. The molecule has 1 rings (SSSR count). The van der Waals surface area contributed by atoms with Gasteiger partial charge in [-0.3, -0.25) is 0 Å². The highest BCUT2D eigenvalue weighted by molar-refractivity contribution is 5.13. The van der Waals surface area contributed by atoms with E-state index in [0.717, 1.165) is 25.9 Å². The predicted octanol–water partition coefficient (Wildman–Crippen LogP) is 2.72. The fourth-order valence-corrected chi connectivity index (χ4v) is 1.53. The first-order valence-corrected chi connectivity index (χ1v) is 6.09. The molecule has 0 fully saturated rings. The molecular formula is C15H21NO. The van der Waals surface area contributed by atoms with Crippen LogP contribution in [0.15, 0.2) is 30.3 Å². The fourth-order valence-electron chi connectivity index (χ4n) is 1.53. The first-order valence-electron chi connectivity index (χ1n) is 6.09. The Morgan fingerprint density at radius 1 is 1.24 bits per heavy atom. The normalized spacial score (nSPS) is 11.6. The van der Waals surface area contributed by atoms with E-state index in [-0.39, 0.29) is 6.04 Å². The lowest BCUT2D eigenvalue weighted by Crippen LogP contribution is -2.21. The van der Waals surface area contributed by atoms with Crippen molar-refractivity contribution in [2.45, 2.75) is 38.8 Å². The lowest BCUT2D eigenvalue weighted by molar-refractivity contribution is 0.113. The summed E-state index contributed by atoms with van der Waals surface area (Å²) in [6.07, 6.45) is 2.74. The van der Waals surface area contributed by atoms with Crippen molar-refractivity contribution >= 4 is 0 Å². The molecule has 0 saturated heterocycles. The van der Waals surface area contributed by atoms with E-state index in [1.54, 1.807) is 0 Å². The van der Waals surface area contributed by atoms with E-state index in [4.69, 9.17) is 10.5 Å². The van der Waals surface area contributed by atoms with Crippen LogP contribution in [0.5, 0.6) is 0 Å². The molecule has 92 valence electrons. The Bertz CT molecular complexity index is 350. The van der Waals surface area contributed by atoms with Crippen LogP contribution >= 0.6 is 0 Å². The zero-order valence-corrected chi connectivity index (χ0v) is 10.5. The van der Waals surface area contributed by atoms with Crippen molar-refractivity contribution in [1.29, 1.82) is 0 Å². The van der Waals surface area contributed by atoms with Gasteiger partial charge in [-0.15, -0.1) is 11.8 Å². The van der Waals surface area contributed by atoms with E-state index < -0.39 is 0 Å². The minimum atomic E-state index is 0.201. The van der Waals surface area contributed by atoms with Crippen LogP contribution in [0.25, 0.3) is 0 Å². The zero-order valence-electron chi connectivity index (χ0n) is 10.5. The van der Waals surface area contributed by atoms with Crippen LogP contribution < -0.4 is 5.73 Å². The van der Waals surface area contributed by atoms with Crippen LogP contribution in [0.3, 0.4) is 0 Å². The number of hydrogen-bond donors (Lipinski definition) is 1. The highest BCUT2D eigenvalue weighted by Crippen LogP contribution is 2.03. The molecule has 2 heteroatoms. The van der Waals surface area contributed by atoms with Gasteiger partial charge in [0.05, 0.1) is 6.61 Å². The van der Waals surface area contributed by atoms with E-state index in [1.807, 2.05) is 25.1 Å². The molecule has 2 nitrogen and oxygen atoms in total. The summed E-state index contributed by atoms with van der Waals surface area (Å²) in [6.45, 7) is 3.24. The first-order chi connectivity index (χ1) is 8.33. The molecule has 0 radical (unpaired) electrons. The molecule has 2 N–H and O–H groups in total. The third kappa shape index (κ3) is 6.78. The first kappa shape index (κ1) is 13.8. The Morgan fingerprint density at radius 3 is 2.71 bits per heavy atom. The van der Waals surface area contributed by atoms with Gasteiger partial charge in [-0.25, -0.2) is 0 Å². The summed E-state index contributed by atoms with van der Waals surface area (Å²) in [5.74, 6) is 5.90. The van der Waals surface area contributed by atoms with Crippen molar-refractivity contribution in [2.75, 3.05) is 6.61 Å². The lowest BCUT2D eigenvalue weighted by Gasteiger charge is -2.10. The van der Waals surface area contributed by atoms with E-state index in [0.29, 0.717) is 6.61 Å². The van der Waals surface area contributed by atoms with Gasteiger partial charge in [0.1, 0.15) is 0 Å². The molecule has 0 heterocycles. The topological polar surface area (TPSA) is 35.2 Å². The van der Waals surface area contributed by atoms with E-state index >= 15 is 0 Å². The van der Waals surface area contributed by atoms with Crippen molar-refractivity contribution in [3.63, 3.8) is 0 Å². The van der Waals surface area contributed by atoms with Gasteiger partial charge in [0.2, 0.25) is 0 Å². The van der Waals surface area contributed by atoms with Gasteiger partial charge in [0, 0.05) is 19.1 Å². The van der Waals surface area contributed by atoms with Crippen LogP contribution in [0.1, 0.15) is 31.7 Å². The molecule has 1 aromatic rings. The molecule has 0 aliphatic heterocycles. The van der Waals surface area contributed by atoms with Crippen molar-refractivity contribution < 1.29 is 4.74 Å². The minimum Gasteiger partial charge on any atom is -0.377 e. The van der Waals surface area contributed by atoms with E-state index in [1.165, 1.54) is 5.56 Å². The van der Waals surface area contributed by atoms with Crippen molar-refractivity contribution in [2.24, 2.45) is 5.73 Å². The number of benzene rings is 1. The van der Waals surface area contributed by atoms with Gasteiger partial charge in [-0.1, -0.05) is 30.3 Å². The maximum absolute atomic E-state index is 5.95. The molecule has 0 aliphatic carbocycles. The maximum Gasteiger partial charge on any atom is 0.0716 e. The summed E-state index contributed by atoms with van der Waals surface area (Å²) < 4.78 is 5.58. The van der Waals surface area contributed by atoms with Gasteiger partial charge in [-0.05, 0) is 25.3 Å². The molecule has 17 heavy (non-hydrogen) atoms. The lowest BCUT2D eigenvalue weighted by atomic mass is 10.1. The van der Waals surface area contributed by atoms with Crippen LogP contribution in [0.2, 0.25) is 0 Å². The van der Waals surface area contributed by atoms with Gasteiger partial charge >= 0.3 is 0 Å². The molecule has 0 amide bonds. The average molecular weight is 231 g/mol. The smallest absolute Gasteiger partial charge is 0.0716 e. The SMILES string of the molecule is CC#CCCC(N)CCOCc1ccccc1. The molecule has 1 aromatic carbocycles. The van der Waals surface area contributed by atoms with Gasteiger partial charge in [0.15, 0.2) is 0 Å². The molecule has 1 unspecified atom stereocenters. The summed E-state index contributed by atoms with van der Waals surface area (Å²) >= 11 is 0. The quantitative estimate of drug-likeness (QED) is 0.578. The zero-order chi connectivity index (χ0) is 12.3. The molecule has 0 bridgehead atoms. The van der Waals surface area contributed by atoms with Crippen LogP contribution in [0.4, 0.5) is 0 Å². The van der Waals surface area contributed by atoms with Crippen LogP contribution in [-0.4, -0.2) is 12.6 Å². The van der Waals surface area contributed by atoms with E-state index in [2.05, 4.69) is 24.0 Å². The highest BCUT2D eigenvalue weighted by Gasteiger charge is 2.01. The molecule has 0 aromatic heterocycles. The van der Waals surface area contributed by atoms with Crippen molar-refractivity contribution in [3.05, 3.63) is 35.9 Å². The van der Waals surface area contributed by atoms with Crippen molar-refractivity contribution in [3.8, 4) is 11.8 Å². The second kappa shape index (κ2) is 8.81. The summed E-state index contributed by atoms with van der Waals surface area (Å²) in [5, 5.41) is 0. The van der Waals surface area contributed by atoms with Gasteiger partial charge in [0.25, 0.3) is 0 Å². The van der Waals surface area contributed by atoms with Gasteiger partial charge < -0.3 is 10.5 Å². The largest absolute Gasteiger partial charge is 0.377 e. The second-order valence-electron chi connectivity index (χ2n) is 4.05. The van der Waals surface area contributed by atoms with Crippen LogP contribution in [-0.2, 0) is 11.3 Å². The second-order valence-corrected chi connectivity index (χ2v) is 4.05. The number of rotatable bonds is 7. The number of ether oxygens (including phenoxy) is 1. The average Bonchev–Trinajstić information content (AvgIpc) is 2.36. The Kier molecular flexibility index (Phi) is 7.13. The number of hydrogen-bond acceptors (Lipinski definition) is 2. The third-order valence-corrected chi connectivity index (χ3v) is 2.56. The van der Waals surface area contributed by atoms with Crippen molar-refractivity contribution in [1.82, 2.24) is 0 Å². The number of nitrogens with two attached hydrogens (primary N) is 1. The molecule has 1 atom stereocenters. The van der Waals surface area contributed by atoms with E-state index in [9.17, 15) is 0 Å². The molecule has 0 saturated carbocycles. The summed E-state index contributed by atoms with van der Waals surface area (Å²) in [7, 11) is 0. The Hall–Kier alpha value is -1.30. The Morgan fingerprint density at radius 2 is 2.00 bits per heavy atom. The molecule has 0 aliphatic rings. The maximum atomic E-state index is 5.95. The summed E-state index contributed by atoms with van der Waals surface area (Å²) in [6, 6.07) is 10.4. The monoisotopic (exact) mass is 231 g/mol. The predicted molar refractivity (Wildman–Crippen MR) is 71.4 cm³/mol. The minimum absolute atomic E-state index is 0.201. The Labute approximate surface area is 104 Å². The van der Waals surface area contributed by atoms with Gasteiger partial charge in [-0.2, -0.15) is 0 Å². The molecular weight excluding hydrogens is 210 g/mol. The van der Waals surface area contributed by atoms with Crippen LogP contribution in [0, 0.1) is 11.8 Å². The standard InChI is InChI=1S/C15H21NO/c1-2-3-5-10-15(16)11-12-17-13-14-8-6-4-7-9-14/h4,6-9,15H,5,10-13,16H2,1H3. The highest BCUT2D eigenvalue weighted by atomic mass is 16.5. The fraction of sp³-hybridized carbons (Fsp3) is 0.467. The molecule has 0 spiro atoms. The summed E-state index contributed by atoms with van der Waals surface area (Å²) in [4.78, 5) is 0. The third-order valence-electron chi connectivity index (χ3n) is 2.56.